The van der Waals surface area contributed by atoms with Gasteiger partial charge in [-0.25, -0.2) is 4.98 Å². The number of benzene rings is 3. The molecule has 0 saturated heterocycles. The Morgan fingerprint density at radius 3 is 2.54 bits per heavy atom. The Bertz CT molecular complexity index is 1150. The number of fused-ring (bicyclic) bond motifs is 1. The maximum Gasteiger partial charge on any atom is 0.251 e. The van der Waals surface area contributed by atoms with Gasteiger partial charge in [-0.3, -0.25) is 4.79 Å². The van der Waals surface area contributed by atoms with E-state index in [0.717, 1.165) is 33.0 Å². The number of para-hydroxylation sites is 2. The van der Waals surface area contributed by atoms with E-state index in [0.29, 0.717) is 18.7 Å². The maximum absolute atomic E-state index is 12.6. The van der Waals surface area contributed by atoms with Crippen LogP contribution in [0.3, 0.4) is 0 Å². The van der Waals surface area contributed by atoms with Crippen molar-refractivity contribution in [2.24, 2.45) is 0 Å². The average molecular weight is 390 g/mol. The van der Waals surface area contributed by atoms with Gasteiger partial charge in [0.1, 0.15) is 5.82 Å². The Hall–Kier alpha value is -3.11. The third kappa shape index (κ3) is 3.64. The number of hydrogen-bond donors (Lipinski definition) is 1. The maximum atomic E-state index is 12.6. The van der Waals surface area contributed by atoms with Gasteiger partial charge in [0, 0.05) is 10.6 Å². The topological polar surface area (TPSA) is 46.9 Å². The predicted molar refractivity (Wildman–Crippen MR) is 113 cm³/mol. The minimum absolute atomic E-state index is 0.102. The summed E-state index contributed by atoms with van der Waals surface area (Å²) in [5.41, 5.74) is 4.55. The Morgan fingerprint density at radius 1 is 1.00 bits per heavy atom. The lowest BCUT2D eigenvalue weighted by atomic mass is 10.1. The Labute approximate surface area is 168 Å². The second-order valence-corrected chi connectivity index (χ2v) is 7.10. The lowest BCUT2D eigenvalue weighted by molar-refractivity contribution is 0.0949. The zero-order valence-electron chi connectivity index (χ0n) is 15.5. The van der Waals surface area contributed by atoms with E-state index in [4.69, 9.17) is 16.6 Å². The molecule has 1 heterocycles. The average Bonchev–Trinajstić information content (AvgIpc) is 3.06. The summed E-state index contributed by atoms with van der Waals surface area (Å²) in [5, 5.41) is 3.72. The van der Waals surface area contributed by atoms with E-state index in [-0.39, 0.29) is 5.91 Å². The van der Waals surface area contributed by atoms with E-state index >= 15 is 0 Å². The molecule has 3 aromatic carbocycles. The van der Waals surface area contributed by atoms with Gasteiger partial charge in [0.05, 0.1) is 24.1 Å². The van der Waals surface area contributed by atoms with E-state index < -0.39 is 0 Å². The van der Waals surface area contributed by atoms with Crippen LogP contribution in [0.25, 0.3) is 11.0 Å². The van der Waals surface area contributed by atoms with Crippen LogP contribution in [0.4, 0.5) is 0 Å². The highest BCUT2D eigenvalue weighted by Crippen LogP contribution is 2.22. The Balaban J connectivity index is 1.64. The Kier molecular flexibility index (Phi) is 5.13. The van der Waals surface area contributed by atoms with E-state index in [1.54, 1.807) is 0 Å². The number of rotatable bonds is 5. The smallest absolute Gasteiger partial charge is 0.251 e. The van der Waals surface area contributed by atoms with Crippen LogP contribution < -0.4 is 5.32 Å². The quantitative estimate of drug-likeness (QED) is 0.523. The lowest BCUT2D eigenvalue weighted by Crippen LogP contribution is -2.25. The van der Waals surface area contributed by atoms with Crippen LogP contribution in [0.15, 0.2) is 72.8 Å². The molecular weight excluding hydrogens is 370 g/mol. The molecule has 1 aromatic heterocycles. The summed E-state index contributed by atoms with van der Waals surface area (Å²) in [6.07, 6.45) is 0. The first-order chi connectivity index (χ1) is 13.6. The van der Waals surface area contributed by atoms with Crippen LogP contribution in [0.5, 0.6) is 0 Å². The number of halogens is 1. The lowest BCUT2D eigenvalue weighted by Gasteiger charge is -2.12. The molecule has 4 nitrogen and oxygen atoms in total. The molecule has 0 unspecified atom stereocenters. The summed E-state index contributed by atoms with van der Waals surface area (Å²) in [6, 6.07) is 23.3. The molecule has 0 radical (unpaired) electrons. The van der Waals surface area contributed by atoms with Crippen molar-refractivity contribution in [1.82, 2.24) is 14.9 Å². The van der Waals surface area contributed by atoms with Gasteiger partial charge in [0.15, 0.2) is 0 Å². The molecule has 0 saturated carbocycles. The number of nitrogens with one attached hydrogen (secondary N) is 1. The highest BCUT2D eigenvalue weighted by atomic mass is 35.5. The van der Waals surface area contributed by atoms with Crippen molar-refractivity contribution in [3.8, 4) is 0 Å². The van der Waals surface area contributed by atoms with Crippen LogP contribution in [0.1, 0.15) is 27.3 Å². The van der Waals surface area contributed by atoms with Crippen LogP contribution in [-0.4, -0.2) is 15.5 Å². The first kappa shape index (κ1) is 18.3. The zero-order chi connectivity index (χ0) is 19.5. The molecule has 140 valence electrons. The number of imidazole rings is 1. The van der Waals surface area contributed by atoms with Crippen molar-refractivity contribution >= 4 is 28.5 Å². The van der Waals surface area contributed by atoms with E-state index in [9.17, 15) is 4.79 Å². The molecule has 0 bridgehead atoms. The molecule has 0 fully saturated rings. The number of aryl methyl sites for hydroxylation is 1. The zero-order valence-corrected chi connectivity index (χ0v) is 16.3. The van der Waals surface area contributed by atoms with Gasteiger partial charge in [-0.15, -0.1) is 0 Å². The van der Waals surface area contributed by atoms with E-state index in [1.807, 2.05) is 79.7 Å². The van der Waals surface area contributed by atoms with Crippen LogP contribution in [0.2, 0.25) is 5.02 Å². The third-order valence-corrected chi connectivity index (χ3v) is 5.19. The molecule has 1 amide bonds. The summed E-state index contributed by atoms with van der Waals surface area (Å²) in [7, 11) is 0. The number of aromatic nitrogens is 2. The fraction of sp³-hybridized carbons (Fsp3) is 0.130. The fourth-order valence-electron chi connectivity index (χ4n) is 3.32. The summed E-state index contributed by atoms with van der Waals surface area (Å²) in [4.78, 5) is 17.3. The molecule has 0 aliphatic rings. The summed E-state index contributed by atoms with van der Waals surface area (Å²) >= 11 is 6.37. The SMILES string of the molecule is Cc1ccccc1C(=O)NCc1nc2ccccc2n1Cc1ccccc1Cl. The van der Waals surface area contributed by atoms with Crippen molar-refractivity contribution in [2.75, 3.05) is 0 Å². The van der Waals surface area contributed by atoms with Gasteiger partial charge in [-0.05, 0) is 42.3 Å². The minimum atomic E-state index is -0.102. The monoisotopic (exact) mass is 389 g/mol. The van der Waals surface area contributed by atoms with Gasteiger partial charge in [0.2, 0.25) is 0 Å². The van der Waals surface area contributed by atoms with Crippen molar-refractivity contribution in [3.63, 3.8) is 0 Å². The molecule has 4 aromatic rings. The Morgan fingerprint density at radius 2 is 1.71 bits per heavy atom. The van der Waals surface area contributed by atoms with Crippen molar-refractivity contribution < 1.29 is 4.79 Å². The second kappa shape index (κ2) is 7.87. The first-order valence-corrected chi connectivity index (χ1v) is 9.52. The number of amides is 1. The highest BCUT2D eigenvalue weighted by molar-refractivity contribution is 6.31. The molecule has 28 heavy (non-hydrogen) atoms. The molecular formula is C23H20ClN3O. The molecule has 0 aliphatic heterocycles. The molecule has 1 N–H and O–H groups in total. The third-order valence-electron chi connectivity index (χ3n) is 4.82. The summed E-state index contributed by atoms with van der Waals surface area (Å²) < 4.78 is 2.11. The minimum Gasteiger partial charge on any atom is -0.345 e. The molecule has 0 atom stereocenters. The molecule has 0 spiro atoms. The van der Waals surface area contributed by atoms with E-state index in [1.165, 1.54) is 0 Å². The second-order valence-electron chi connectivity index (χ2n) is 6.69. The van der Waals surface area contributed by atoms with Crippen LogP contribution in [0, 0.1) is 6.92 Å². The van der Waals surface area contributed by atoms with Gasteiger partial charge in [-0.2, -0.15) is 0 Å². The fourth-order valence-corrected chi connectivity index (χ4v) is 3.51. The van der Waals surface area contributed by atoms with Crippen LogP contribution >= 0.6 is 11.6 Å². The van der Waals surface area contributed by atoms with Crippen molar-refractivity contribution in [2.45, 2.75) is 20.0 Å². The van der Waals surface area contributed by atoms with Gasteiger partial charge < -0.3 is 9.88 Å². The highest BCUT2D eigenvalue weighted by Gasteiger charge is 2.14. The van der Waals surface area contributed by atoms with Crippen molar-refractivity contribution in [3.05, 3.63) is 100 Å². The largest absolute Gasteiger partial charge is 0.345 e. The predicted octanol–water partition coefficient (Wildman–Crippen LogP) is 4.98. The number of hydrogen-bond acceptors (Lipinski definition) is 2. The number of carbonyl (C=O) groups excluding carboxylic acids is 1. The first-order valence-electron chi connectivity index (χ1n) is 9.15. The normalized spacial score (nSPS) is 10.9. The van der Waals surface area contributed by atoms with E-state index in [2.05, 4.69) is 9.88 Å². The van der Waals surface area contributed by atoms with Crippen molar-refractivity contribution in [1.29, 1.82) is 0 Å². The molecule has 4 rings (SSSR count). The number of carbonyl (C=O) groups is 1. The van der Waals surface area contributed by atoms with Gasteiger partial charge in [-0.1, -0.05) is 60.1 Å². The molecule has 5 heteroatoms. The number of nitrogens with zero attached hydrogens (tertiary/aromatic N) is 2. The van der Waals surface area contributed by atoms with Gasteiger partial charge >= 0.3 is 0 Å². The van der Waals surface area contributed by atoms with Gasteiger partial charge in [0.25, 0.3) is 5.91 Å². The standard InChI is InChI=1S/C23H20ClN3O/c1-16-8-2-4-10-18(16)23(28)25-14-22-26-20-12-6-7-13-21(20)27(22)15-17-9-3-5-11-19(17)24/h2-13H,14-15H2,1H3,(H,25,28). The molecule has 0 aliphatic carbocycles. The summed E-state index contributed by atoms with van der Waals surface area (Å²) in [6.45, 7) is 2.86. The summed E-state index contributed by atoms with van der Waals surface area (Å²) in [5.74, 6) is 0.692. The van der Waals surface area contributed by atoms with Crippen LogP contribution in [-0.2, 0) is 13.1 Å².